The van der Waals surface area contributed by atoms with Crippen molar-refractivity contribution in [1.82, 2.24) is 20.2 Å². The monoisotopic (exact) mass is 480 g/mol. The van der Waals surface area contributed by atoms with Crippen molar-refractivity contribution in [2.24, 2.45) is 5.10 Å². The highest BCUT2D eigenvalue weighted by Gasteiger charge is 2.18. The minimum atomic E-state index is -0.325. The minimum absolute atomic E-state index is 0.255. The molecular weight excluding hydrogens is 456 g/mol. The van der Waals surface area contributed by atoms with Crippen LogP contribution in [0.2, 0.25) is 0 Å². The summed E-state index contributed by atoms with van der Waals surface area (Å²) >= 11 is 1.14. The van der Waals surface area contributed by atoms with Gasteiger partial charge in [0, 0.05) is 11.5 Å². The quantitative estimate of drug-likeness (QED) is 0.291. The molecular formula is C27H24N6OS. The first-order chi connectivity index (χ1) is 17.1. The van der Waals surface area contributed by atoms with E-state index < -0.39 is 0 Å². The summed E-state index contributed by atoms with van der Waals surface area (Å²) in [4.78, 5) is 16.8. The highest BCUT2D eigenvalue weighted by Crippen LogP contribution is 2.30. The molecule has 1 atom stereocenters. The van der Waals surface area contributed by atoms with E-state index in [1.54, 1.807) is 13.1 Å². The van der Waals surface area contributed by atoms with E-state index in [0.717, 1.165) is 46.0 Å². The van der Waals surface area contributed by atoms with Gasteiger partial charge in [-0.3, -0.25) is 4.79 Å². The fourth-order valence-electron chi connectivity index (χ4n) is 3.96. The lowest BCUT2D eigenvalue weighted by Crippen LogP contribution is -2.17. The number of nitrogens with two attached hydrogens (primary N) is 1. The van der Waals surface area contributed by atoms with Gasteiger partial charge in [-0.05, 0) is 37.1 Å². The van der Waals surface area contributed by atoms with Gasteiger partial charge in [0.2, 0.25) is 0 Å². The van der Waals surface area contributed by atoms with E-state index in [-0.39, 0.29) is 11.8 Å². The van der Waals surface area contributed by atoms with E-state index >= 15 is 0 Å². The number of thiazole rings is 1. The Balaban J connectivity index is 1.37. The number of hydrogen-bond acceptors (Lipinski definition) is 6. The summed E-state index contributed by atoms with van der Waals surface area (Å²) in [5.41, 5.74) is 13.8. The first-order valence-electron chi connectivity index (χ1n) is 11.2. The number of benzene rings is 2. The molecule has 1 aliphatic carbocycles. The Morgan fingerprint density at radius 1 is 1.17 bits per heavy atom. The van der Waals surface area contributed by atoms with Crippen LogP contribution in [0.5, 0.6) is 0 Å². The van der Waals surface area contributed by atoms with Gasteiger partial charge in [-0.25, -0.2) is 15.1 Å². The van der Waals surface area contributed by atoms with Crippen molar-refractivity contribution < 1.29 is 4.79 Å². The topological polar surface area (TPSA) is 98.2 Å². The molecule has 1 unspecified atom stereocenters. The summed E-state index contributed by atoms with van der Waals surface area (Å²) in [6, 6.07) is 20.3. The molecule has 35 heavy (non-hydrogen) atoms. The van der Waals surface area contributed by atoms with E-state index in [9.17, 15) is 4.79 Å². The molecule has 174 valence electrons. The lowest BCUT2D eigenvalue weighted by atomic mass is 9.96. The predicted octanol–water partition coefficient (Wildman–Crippen LogP) is 5.25. The maximum atomic E-state index is 12.3. The molecule has 0 fully saturated rings. The number of aromatic nitrogens is 3. The fraction of sp³-hybridized carbons (Fsp3) is 0.111. The van der Waals surface area contributed by atoms with Crippen molar-refractivity contribution in [1.29, 1.82) is 0 Å². The predicted molar refractivity (Wildman–Crippen MR) is 141 cm³/mol. The molecule has 0 saturated heterocycles. The third-order valence-corrected chi connectivity index (χ3v) is 6.69. The number of aryl methyl sites for hydroxylation is 1. The Hall–Kier alpha value is -4.30. The van der Waals surface area contributed by atoms with E-state index in [1.165, 1.54) is 0 Å². The van der Waals surface area contributed by atoms with Crippen LogP contribution >= 0.6 is 11.3 Å². The molecule has 1 aliphatic rings. The number of hydrazone groups is 1. The normalized spacial score (nSPS) is 15.1. The summed E-state index contributed by atoms with van der Waals surface area (Å²) < 4.78 is 2.01. The first-order valence-corrected chi connectivity index (χ1v) is 12.1. The number of nitrogen functional groups attached to an aromatic ring is 1. The van der Waals surface area contributed by atoms with Crippen molar-refractivity contribution >= 4 is 28.6 Å². The zero-order valence-corrected chi connectivity index (χ0v) is 19.9. The summed E-state index contributed by atoms with van der Waals surface area (Å²) in [5, 5.41) is 9.38. The Morgan fingerprint density at radius 2 is 1.97 bits per heavy atom. The fourth-order valence-corrected chi connectivity index (χ4v) is 4.69. The van der Waals surface area contributed by atoms with Gasteiger partial charge in [0.25, 0.3) is 5.91 Å². The second-order valence-electron chi connectivity index (χ2n) is 8.14. The zero-order chi connectivity index (χ0) is 24.2. The lowest BCUT2D eigenvalue weighted by molar-refractivity contribution is 0.0958. The third kappa shape index (κ3) is 4.97. The van der Waals surface area contributed by atoms with Crippen molar-refractivity contribution in [3.05, 3.63) is 107 Å². The molecule has 0 bridgehead atoms. The molecule has 0 aliphatic heterocycles. The van der Waals surface area contributed by atoms with Crippen LogP contribution in [-0.4, -0.2) is 26.9 Å². The van der Waals surface area contributed by atoms with Crippen LogP contribution in [0.15, 0.2) is 90.1 Å². The Labute approximate surface area is 207 Å². The van der Waals surface area contributed by atoms with E-state index in [4.69, 9.17) is 10.8 Å². The van der Waals surface area contributed by atoms with Crippen LogP contribution in [0.3, 0.4) is 0 Å². The largest absolute Gasteiger partial charge is 0.375 e. The van der Waals surface area contributed by atoms with Crippen molar-refractivity contribution in [2.45, 2.75) is 19.3 Å². The Morgan fingerprint density at radius 3 is 2.66 bits per heavy atom. The second kappa shape index (κ2) is 9.90. The number of carbonyl (C=O) groups is 1. The summed E-state index contributed by atoms with van der Waals surface area (Å²) in [5.74, 6) is -0.0700. The van der Waals surface area contributed by atoms with Gasteiger partial charge in [0.05, 0.1) is 29.0 Å². The molecule has 4 aromatic rings. The average molecular weight is 481 g/mol. The number of carbonyl (C=O) groups excluding carboxylic acids is 1. The molecule has 7 nitrogen and oxygen atoms in total. The smallest absolute Gasteiger partial charge is 0.283 e. The number of anilines is 1. The van der Waals surface area contributed by atoms with Gasteiger partial charge < -0.3 is 5.73 Å². The number of amides is 1. The Kier molecular flexibility index (Phi) is 6.36. The number of hydrogen-bond donors (Lipinski definition) is 2. The van der Waals surface area contributed by atoms with Gasteiger partial charge in [-0.2, -0.15) is 10.2 Å². The van der Waals surface area contributed by atoms with Crippen LogP contribution in [0.25, 0.3) is 16.9 Å². The molecule has 8 heteroatoms. The molecule has 3 N–H and O–H groups in total. The van der Waals surface area contributed by atoms with Crippen molar-refractivity contribution in [3.8, 4) is 16.9 Å². The van der Waals surface area contributed by atoms with Crippen LogP contribution in [0, 0.1) is 6.92 Å². The van der Waals surface area contributed by atoms with Crippen LogP contribution in [0.4, 0.5) is 5.13 Å². The first kappa shape index (κ1) is 22.5. The van der Waals surface area contributed by atoms with Crippen molar-refractivity contribution in [2.75, 3.05) is 5.73 Å². The second-order valence-corrected chi connectivity index (χ2v) is 9.18. The third-order valence-electron chi connectivity index (χ3n) is 5.70. The number of allylic oxidation sites excluding steroid dienone is 4. The molecule has 0 radical (unpaired) electrons. The van der Waals surface area contributed by atoms with Gasteiger partial charge in [0.1, 0.15) is 4.88 Å². The minimum Gasteiger partial charge on any atom is -0.375 e. The van der Waals surface area contributed by atoms with Gasteiger partial charge >= 0.3 is 0 Å². The highest BCUT2D eigenvalue weighted by molar-refractivity contribution is 7.17. The van der Waals surface area contributed by atoms with E-state index in [2.05, 4.69) is 58.0 Å². The molecule has 0 spiro atoms. The lowest BCUT2D eigenvalue weighted by Gasteiger charge is -2.15. The van der Waals surface area contributed by atoms with Crippen LogP contribution in [0.1, 0.15) is 39.0 Å². The Bertz CT molecular complexity index is 1430. The molecule has 5 rings (SSSR count). The van der Waals surface area contributed by atoms with E-state index in [1.807, 2.05) is 47.1 Å². The number of nitrogens with zero attached hydrogens (tertiary/aromatic N) is 4. The van der Waals surface area contributed by atoms with Gasteiger partial charge in [-0.1, -0.05) is 78.1 Å². The van der Waals surface area contributed by atoms with E-state index in [0.29, 0.717) is 15.7 Å². The summed E-state index contributed by atoms with van der Waals surface area (Å²) in [7, 11) is 0. The van der Waals surface area contributed by atoms with Crippen LogP contribution in [-0.2, 0) is 0 Å². The van der Waals surface area contributed by atoms with Gasteiger partial charge in [0.15, 0.2) is 5.13 Å². The van der Waals surface area contributed by atoms with Gasteiger partial charge in [-0.15, -0.1) is 0 Å². The maximum absolute atomic E-state index is 12.3. The number of rotatable bonds is 6. The molecule has 1 amide bonds. The standard InChI is InChI=1S/C27H24N6OS/c1-18-25(35-27(28)30-18)26(34)31-29-17-19-12-14-22(15-13-19)33-24(21-10-6-3-7-11-21)16-23(32-33)20-8-4-2-5-9-20/h2-10,12-17,21H,11H2,1H3,(H2,28,30)(H,31,34). The molecule has 2 aromatic carbocycles. The average Bonchev–Trinajstić information content (AvgIpc) is 3.48. The SMILES string of the molecule is Cc1nc(N)sc1C(=O)NN=Cc1ccc(-n2nc(-c3ccccc3)cc2C2C=CC=CC2)cc1. The molecule has 0 saturated carbocycles. The molecule has 2 aromatic heterocycles. The summed E-state index contributed by atoms with van der Waals surface area (Å²) in [6.07, 6.45) is 11.1. The molecule has 2 heterocycles. The maximum Gasteiger partial charge on any atom is 0.283 e. The summed E-state index contributed by atoms with van der Waals surface area (Å²) in [6.45, 7) is 1.75. The highest BCUT2D eigenvalue weighted by atomic mass is 32.1. The van der Waals surface area contributed by atoms with Crippen molar-refractivity contribution in [3.63, 3.8) is 0 Å². The zero-order valence-electron chi connectivity index (χ0n) is 19.1. The van der Waals surface area contributed by atoms with Crippen LogP contribution < -0.4 is 11.2 Å². The number of nitrogens with one attached hydrogen (secondary N) is 1.